The predicted octanol–water partition coefficient (Wildman–Crippen LogP) is 6.77. The van der Waals surface area contributed by atoms with Gasteiger partial charge in [0.05, 0.1) is 0 Å². The van der Waals surface area contributed by atoms with Crippen molar-refractivity contribution in [3.05, 3.63) is 0 Å². The number of hydrogen-bond donors (Lipinski definition) is 2. The van der Waals surface area contributed by atoms with E-state index >= 15 is 0 Å². The van der Waals surface area contributed by atoms with Crippen molar-refractivity contribution in [2.24, 2.45) is 0 Å². The SMILES string of the molecule is CCCCCCCCCCCCCCCCCCN(CC)C(=O)N(O)O. The Bertz CT molecular complexity index is 312. The molecule has 0 aliphatic carbocycles. The molecular weight excluding hydrogens is 328 g/mol. The molecule has 0 aromatic heterocycles. The van der Waals surface area contributed by atoms with Gasteiger partial charge in [0.25, 0.3) is 0 Å². The quantitative estimate of drug-likeness (QED) is 0.158. The van der Waals surface area contributed by atoms with Crippen molar-refractivity contribution in [2.45, 2.75) is 117 Å². The zero-order chi connectivity index (χ0) is 19.5. The normalized spacial score (nSPS) is 10.9. The van der Waals surface area contributed by atoms with Gasteiger partial charge in [0, 0.05) is 13.1 Å². The number of carbonyl (C=O) groups excluding carboxylic acids is 1. The van der Waals surface area contributed by atoms with E-state index in [-0.39, 0.29) is 5.23 Å². The van der Waals surface area contributed by atoms with Crippen LogP contribution in [0.1, 0.15) is 117 Å². The van der Waals surface area contributed by atoms with Crippen LogP contribution in [0.25, 0.3) is 0 Å². The molecule has 156 valence electrons. The topological polar surface area (TPSA) is 64.0 Å². The minimum Gasteiger partial charge on any atom is -0.321 e. The molecular formula is C21H44N2O3. The van der Waals surface area contributed by atoms with Crippen LogP contribution in [0.2, 0.25) is 0 Å². The molecule has 0 aromatic carbocycles. The average Bonchev–Trinajstić information content (AvgIpc) is 2.64. The van der Waals surface area contributed by atoms with Crippen LogP contribution >= 0.6 is 0 Å². The molecule has 0 heterocycles. The van der Waals surface area contributed by atoms with Crippen molar-refractivity contribution in [2.75, 3.05) is 13.1 Å². The van der Waals surface area contributed by atoms with E-state index in [1.807, 2.05) is 6.92 Å². The monoisotopic (exact) mass is 372 g/mol. The van der Waals surface area contributed by atoms with Gasteiger partial charge in [-0.15, -0.1) is 0 Å². The van der Waals surface area contributed by atoms with Gasteiger partial charge in [-0.1, -0.05) is 108 Å². The standard InChI is InChI=1S/C21H44N2O3/c1-3-5-6-7-8-9-10-11-12-13-14-15-16-17-18-19-20-22(4-2)21(24)23(25)26/h25-26H,3-20H2,1-2H3. The molecule has 0 saturated heterocycles. The van der Waals surface area contributed by atoms with Crippen LogP contribution in [0, 0.1) is 0 Å². The molecule has 0 bridgehead atoms. The van der Waals surface area contributed by atoms with Crippen molar-refractivity contribution in [3.8, 4) is 0 Å². The third kappa shape index (κ3) is 15.4. The first-order valence-electron chi connectivity index (χ1n) is 11.1. The van der Waals surface area contributed by atoms with Crippen molar-refractivity contribution < 1.29 is 15.2 Å². The lowest BCUT2D eigenvalue weighted by Gasteiger charge is -2.21. The number of urea groups is 1. The lowest BCUT2D eigenvalue weighted by Crippen LogP contribution is -2.40. The van der Waals surface area contributed by atoms with Gasteiger partial charge in [-0.05, 0) is 13.3 Å². The Kier molecular flexibility index (Phi) is 18.4. The Morgan fingerprint density at radius 2 is 0.962 bits per heavy atom. The molecule has 2 amide bonds. The summed E-state index contributed by atoms with van der Waals surface area (Å²) in [6, 6.07) is -0.742. The Morgan fingerprint density at radius 3 is 1.27 bits per heavy atom. The summed E-state index contributed by atoms with van der Waals surface area (Å²) in [6.45, 7) is 5.19. The molecule has 0 fully saturated rings. The van der Waals surface area contributed by atoms with Gasteiger partial charge in [-0.25, -0.2) is 4.79 Å². The first-order valence-corrected chi connectivity index (χ1v) is 11.1. The highest BCUT2D eigenvalue weighted by Gasteiger charge is 2.15. The van der Waals surface area contributed by atoms with Crippen molar-refractivity contribution in [1.82, 2.24) is 10.1 Å². The second-order valence-corrected chi connectivity index (χ2v) is 7.45. The number of carbonyl (C=O) groups is 1. The molecule has 0 atom stereocenters. The Hall–Kier alpha value is -0.810. The third-order valence-corrected chi connectivity index (χ3v) is 5.10. The second kappa shape index (κ2) is 19.0. The van der Waals surface area contributed by atoms with Crippen molar-refractivity contribution >= 4 is 6.03 Å². The van der Waals surface area contributed by atoms with Crippen LogP contribution in [-0.2, 0) is 0 Å². The molecule has 0 aliphatic rings. The van der Waals surface area contributed by atoms with Crippen LogP contribution in [-0.4, -0.2) is 39.7 Å². The summed E-state index contributed by atoms with van der Waals surface area (Å²) in [5.41, 5.74) is 0. The fraction of sp³-hybridized carbons (Fsp3) is 0.952. The van der Waals surface area contributed by atoms with E-state index in [9.17, 15) is 4.79 Å². The van der Waals surface area contributed by atoms with Gasteiger partial charge in [0.15, 0.2) is 0 Å². The third-order valence-electron chi connectivity index (χ3n) is 5.10. The molecule has 5 nitrogen and oxygen atoms in total. The number of unbranched alkanes of at least 4 members (excludes halogenated alkanes) is 15. The first kappa shape index (κ1) is 25.2. The molecule has 0 rings (SSSR count). The Balaban J connectivity index is 3.25. The molecule has 5 heteroatoms. The summed E-state index contributed by atoms with van der Waals surface area (Å²) in [4.78, 5) is 12.9. The van der Waals surface area contributed by atoms with Crippen LogP contribution < -0.4 is 0 Å². The first-order chi connectivity index (χ1) is 12.6. The molecule has 0 unspecified atom stereocenters. The van der Waals surface area contributed by atoms with Gasteiger partial charge in [0.2, 0.25) is 0 Å². The molecule has 26 heavy (non-hydrogen) atoms. The number of rotatable bonds is 18. The van der Waals surface area contributed by atoms with Crippen molar-refractivity contribution in [3.63, 3.8) is 0 Å². The summed E-state index contributed by atoms with van der Waals surface area (Å²) >= 11 is 0. The van der Waals surface area contributed by atoms with Crippen LogP contribution in [0.5, 0.6) is 0 Å². The van der Waals surface area contributed by atoms with Gasteiger partial charge in [-0.3, -0.25) is 10.4 Å². The highest BCUT2D eigenvalue weighted by atomic mass is 16.8. The highest BCUT2D eigenvalue weighted by Crippen LogP contribution is 2.13. The summed E-state index contributed by atoms with van der Waals surface area (Å²) in [5.74, 6) is 0. The summed E-state index contributed by atoms with van der Waals surface area (Å²) in [7, 11) is 0. The molecule has 2 N–H and O–H groups in total. The van der Waals surface area contributed by atoms with E-state index in [4.69, 9.17) is 10.4 Å². The Labute approximate surface area is 161 Å². The fourth-order valence-electron chi connectivity index (χ4n) is 3.37. The largest absolute Gasteiger partial charge is 0.369 e. The lowest BCUT2D eigenvalue weighted by atomic mass is 10.0. The molecule has 0 aliphatic heterocycles. The summed E-state index contributed by atoms with van der Waals surface area (Å²) in [6.07, 6.45) is 21.2. The van der Waals surface area contributed by atoms with Crippen molar-refractivity contribution in [1.29, 1.82) is 0 Å². The average molecular weight is 373 g/mol. The maximum Gasteiger partial charge on any atom is 0.369 e. The number of hydrogen-bond acceptors (Lipinski definition) is 3. The van der Waals surface area contributed by atoms with Gasteiger partial charge in [-0.2, -0.15) is 0 Å². The second-order valence-electron chi connectivity index (χ2n) is 7.45. The maximum atomic E-state index is 11.4. The molecule has 0 spiro atoms. The number of hydroxylamine groups is 2. The minimum absolute atomic E-state index is 0.323. The van der Waals surface area contributed by atoms with E-state index < -0.39 is 6.03 Å². The predicted molar refractivity (Wildman–Crippen MR) is 108 cm³/mol. The summed E-state index contributed by atoms with van der Waals surface area (Å²) < 4.78 is 0. The maximum absolute atomic E-state index is 11.4. The zero-order valence-corrected chi connectivity index (χ0v) is 17.4. The molecule has 0 radical (unpaired) electrons. The fourth-order valence-corrected chi connectivity index (χ4v) is 3.37. The van der Waals surface area contributed by atoms with Crippen LogP contribution in [0.4, 0.5) is 4.79 Å². The highest BCUT2D eigenvalue weighted by molar-refractivity contribution is 5.71. The zero-order valence-electron chi connectivity index (χ0n) is 17.4. The number of amides is 2. The van der Waals surface area contributed by atoms with Crippen LogP contribution in [0.15, 0.2) is 0 Å². The van der Waals surface area contributed by atoms with E-state index in [2.05, 4.69) is 6.92 Å². The smallest absolute Gasteiger partial charge is 0.321 e. The molecule has 0 aromatic rings. The minimum atomic E-state index is -0.742. The van der Waals surface area contributed by atoms with Gasteiger partial charge in [0.1, 0.15) is 0 Å². The number of nitrogens with zero attached hydrogens (tertiary/aromatic N) is 2. The van der Waals surface area contributed by atoms with E-state index in [0.717, 1.165) is 12.8 Å². The van der Waals surface area contributed by atoms with E-state index in [1.165, 1.54) is 94.8 Å². The lowest BCUT2D eigenvalue weighted by molar-refractivity contribution is -0.264. The summed E-state index contributed by atoms with van der Waals surface area (Å²) in [5, 5.41) is 17.2. The van der Waals surface area contributed by atoms with E-state index in [1.54, 1.807) is 0 Å². The van der Waals surface area contributed by atoms with Gasteiger partial charge >= 0.3 is 6.03 Å². The molecule has 0 saturated carbocycles. The van der Waals surface area contributed by atoms with Crippen LogP contribution in [0.3, 0.4) is 0 Å². The van der Waals surface area contributed by atoms with E-state index in [0.29, 0.717) is 13.1 Å². The Morgan fingerprint density at radius 1 is 0.615 bits per heavy atom. The van der Waals surface area contributed by atoms with Gasteiger partial charge < -0.3 is 4.90 Å².